The van der Waals surface area contributed by atoms with Gasteiger partial charge in [0.15, 0.2) is 0 Å². The molecule has 0 bridgehead atoms. The van der Waals surface area contributed by atoms with Gasteiger partial charge in [-0.2, -0.15) is 0 Å². The Balaban J connectivity index is 1.91. The number of piperazine rings is 1. The molecule has 19 heavy (non-hydrogen) atoms. The molecule has 2 heterocycles. The number of benzene rings is 1. The molecule has 4 heteroatoms. The molecule has 100 valence electrons. The lowest BCUT2D eigenvalue weighted by atomic mass is 10.1. The average molecular weight is 276 g/mol. The van der Waals surface area contributed by atoms with Crippen molar-refractivity contribution in [3.05, 3.63) is 40.5 Å². The maximum atomic E-state index is 6.31. The Bertz CT molecular complexity index is 591. The zero-order chi connectivity index (χ0) is 13.2. The molecule has 1 aliphatic heterocycles. The first-order valence-electron chi connectivity index (χ1n) is 6.71. The predicted octanol–water partition coefficient (Wildman–Crippen LogP) is 2.60. The standard InChI is InChI=1S/C15H18ClN3/c1-11-2-3-14-12(8-11)9-13(15(16)18-14)10-19-6-4-17-5-7-19/h2-3,8-9,17H,4-7,10H2,1H3. The van der Waals surface area contributed by atoms with Gasteiger partial charge >= 0.3 is 0 Å². The molecule has 0 aliphatic carbocycles. The molecule has 1 fully saturated rings. The molecular weight excluding hydrogens is 258 g/mol. The molecule has 1 aromatic carbocycles. The zero-order valence-electron chi connectivity index (χ0n) is 11.1. The Kier molecular flexibility index (Phi) is 3.69. The molecule has 0 amide bonds. The van der Waals surface area contributed by atoms with E-state index >= 15 is 0 Å². The number of pyridine rings is 1. The van der Waals surface area contributed by atoms with Gasteiger partial charge in [0.1, 0.15) is 5.15 Å². The van der Waals surface area contributed by atoms with Crippen LogP contribution in [0, 0.1) is 6.92 Å². The van der Waals surface area contributed by atoms with Crippen molar-refractivity contribution in [3.8, 4) is 0 Å². The number of hydrogen-bond donors (Lipinski definition) is 1. The van der Waals surface area contributed by atoms with E-state index in [1.54, 1.807) is 0 Å². The highest BCUT2D eigenvalue weighted by Gasteiger charge is 2.13. The van der Waals surface area contributed by atoms with Gasteiger partial charge in [-0.1, -0.05) is 23.2 Å². The summed E-state index contributed by atoms with van der Waals surface area (Å²) in [6.07, 6.45) is 0. The van der Waals surface area contributed by atoms with E-state index in [1.165, 1.54) is 10.9 Å². The molecule has 1 saturated heterocycles. The van der Waals surface area contributed by atoms with Crippen molar-refractivity contribution < 1.29 is 0 Å². The van der Waals surface area contributed by atoms with Crippen LogP contribution in [-0.2, 0) is 6.54 Å². The van der Waals surface area contributed by atoms with E-state index in [2.05, 4.69) is 40.3 Å². The van der Waals surface area contributed by atoms with Gasteiger partial charge in [0.05, 0.1) is 5.52 Å². The van der Waals surface area contributed by atoms with E-state index in [1.807, 2.05) is 6.07 Å². The van der Waals surface area contributed by atoms with Crippen LogP contribution in [0.1, 0.15) is 11.1 Å². The number of fused-ring (bicyclic) bond motifs is 1. The maximum Gasteiger partial charge on any atom is 0.134 e. The van der Waals surface area contributed by atoms with Crippen LogP contribution in [0.5, 0.6) is 0 Å². The maximum absolute atomic E-state index is 6.31. The van der Waals surface area contributed by atoms with E-state index in [4.69, 9.17) is 11.6 Å². The van der Waals surface area contributed by atoms with Crippen molar-refractivity contribution in [1.82, 2.24) is 15.2 Å². The highest BCUT2D eigenvalue weighted by atomic mass is 35.5. The van der Waals surface area contributed by atoms with E-state index in [9.17, 15) is 0 Å². The number of nitrogens with one attached hydrogen (secondary N) is 1. The Labute approximate surface area is 118 Å². The number of nitrogens with zero attached hydrogens (tertiary/aromatic N) is 2. The van der Waals surface area contributed by atoms with Gasteiger partial charge in [-0.25, -0.2) is 4.98 Å². The van der Waals surface area contributed by atoms with Crippen LogP contribution in [0.15, 0.2) is 24.3 Å². The minimum Gasteiger partial charge on any atom is -0.314 e. The quantitative estimate of drug-likeness (QED) is 0.854. The van der Waals surface area contributed by atoms with Gasteiger partial charge < -0.3 is 5.32 Å². The van der Waals surface area contributed by atoms with E-state index in [0.29, 0.717) is 5.15 Å². The fourth-order valence-electron chi connectivity index (χ4n) is 2.54. The summed E-state index contributed by atoms with van der Waals surface area (Å²) in [5.41, 5.74) is 3.35. The molecule has 1 N–H and O–H groups in total. The number of aromatic nitrogens is 1. The van der Waals surface area contributed by atoms with Crippen LogP contribution >= 0.6 is 11.6 Å². The van der Waals surface area contributed by atoms with Gasteiger partial charge in [-0.15, -0.1) is 0 Å². The molecule has 0 radical (unpaired) electrons. The van der Waals surface area contributed by atoms with Gasteiger partial charge in [-0.05, 0) is 25.1 Å². The van der Waals surface area contributed by atoms with Crippen molar-refractivity contribution in [2.75, 3.05) is 26.2 Å². The fourth-order valence-corrected chi connectivity index (χ4v) is 2.74. The summed E-state index contributed by atoms with van der Waals surface area (Å²) in [6.45, 7) is 7.24. The largest absolute Gasteiger partial charge is 0.314 e. The van der Waals surface area contributed by atoms with Crippen LogP contribution in [0.3, 0.4) is 0 Å². The summed E-state index contributed by atoms with van der Waals surface area (Å²) in [5.74, 6) is 0. The minimum atomic E-state index is 0.634. The molecule has 1 aromatic heterocycles. The molecule has 2 aromatic rings. The smallest absolute Gasteiger partial charge is 0.134 e. The van der Waals surface area contributed by atoms with Crippen molar-refractivity contribution in [2.45, 2.75) is 13.5 Å². The first-order valence-corrected chi connectivity index (χ1v) is 7.09. The SMILES string of the molecule is Cc1ccc2nc(Cl)c(CN3CCNCC3)cc2c1. The van der Waals surface area contributed by atoms with Crippen LogP contribution < -0.4 is 5.32 Å². The second-order valence-corrected chi connectivity index (χ2v) is 5.52. The highest BCUT2D eigenvalue weighted by molar-refractivity contribution is 6.30. The van der Waals surface area contributed by atoms with E-state index in [-0.39, 0.29) is 0 Å². The molecule has 3 nitrogen and oxygen atoms in total. The van der Waals surface area contributed by atoms with Crippen LogP contribution in [0.25, 0.3) is 10.9 Å². The third kappa shape index (κ3) is 2.89. The second kappa shape index (κ2) is 5.45. The van der Waals surface area contributed by atoms with Crippen molar-refractivity contribution in [1.29, 1.82) is 0 Å². The molecular formula is C15H18ClN3. The molecule has 0 unspecified atom stereocenters. The summed E-state index contributed by atoms with van der Waals surface area (Å²) in [6, 6.07) is 8.45. The number of hydrogen-bond acceptors (Lipinski definition) is 3. The molecule has 0 spiro atoms. The highest BCUT2D eigenvalue weighted by Crippen LogP contribution is 2.22. The lowest BCUT2D eigenvalue weighted by Gasteiger charge is -2.27. The summed E-state index contributed by atoms with van der Waals surface area (Å²) in [7, 11) is 0. The van der Waals surface area contributed by atoms with Gasteiger partial charge in [0, 0.05) is 43.7 Å². The Morgan fingerprint density at radius 3 is 2.84 bits per heavy atom. The summed E-state index contributed by atoms with van der Waals surface area (Å²) in [5, 5.41) is 5.17. The number of halogens is 1. The van der Waals surface area contributed by atoms with Crippen molar-refractivity contribution >= 4 is 22.5 Å². The summed E-state index contributed by atoms with van der Waals surface area (Å²) in [4.78, 5) is 6.92. The van der Waals surface area contributed by atoms with Crippen molar-refractivity contribution in [3.63, 3.8) is 0 Å². The Morgan fingerprint density at radius 1 is 1.26 bits per heavy atom. The van der Waals surface area contributed by atoms with Gasteiger partial charge in [0.25, 0.3) is 0 Å². The lowest BCUT2D eigenvalue weighted by molar-refractivity contribution is 0.233. The third-order valence-corrected chi connectivity index (χ3v) is 3.93. The monoisotopic (exact) mass is 275 g/mol. The second-order valence-electron chi connectivity index (χ2n) is 5.16. The van der Waals surface area contributed by atoms with Crippen LogP contribution in [-0.4, -0.2) is 36.1 Å². The first-order chi connectivity index (χ1) is 9.22. The normalized spacial score (nSPS) is 16.9. The topological polar surface area (TPSA) is 28.2 Å². The Morgan fingerprint density at radius 2 is 2.05 bits per heavy atom. The molecule has 1 aliphatic rings. The van der Waals surface area contributed by atoms with Crippen LogP contribution in [0.2, 0.25) is 5.15 Å². The lowest BCUT2D eigenvalue weighted by Crippen LogP contribution is -2.42. The van der Waals surface area contributed by atoms with Gasteiger partial charge in [-0.3, -0.25) is 4.90 Å². The third-order valence-electron chi connectivity index (χ3n) is 3.60. The summed E-state index contributed by atoms with van der Waals surface area (Å²) >= 11 is 6.31. The molecule has 3 rings (SSSR count). The van der Waals surface area contributed by atoms with E-state index in [0.717, 1.165) is 43.8 Å². The number of aryl methyl sites for hydroxylation is 1. The summed E-state index contributed by atoms with van der Waals surface area (Å²) < 4.78 is 0. The Hall–Kier alpha value is -1.16. The van der Waals surface area contributed by atoms with Crippen molar-refractivity contribution in [2.24, 2.45) is 0 Å². The fraction of sp³-hybridized carbons (Fsp3) is 0.400. The predicted molar refractivity (Wildman–Crippen MR) is 79.6 cm³/mol. The zero-order valence-corrected chi connectivity index (χ0v) is 11.9. The minimum absolute atomic E-state index is 0.634. The molecule has 0 atom stereocenters. The van der Waals surface area contributed by atoms with Gasteiger partial charge in [0.2, 0.25) is 0 Å². The van der Waals surface area contributed by atoms with Crippen LogP contribution in [0.4, 0.5) is 0 Å². The number of rotatable bonds is 2. The average Bonchev–Trinajstić information content (AvgIpc) is 2.41. The molecule has 0 saturated carbocycles. The first kappa shape index (κ1) is 12.9. The van der Waals surface area contributed by atoms with E-state index < -0.39 is 0 Å².